The molecule has 1 aromatic heterocycles. The van der Waals surface area contributed by atoms with Gasteiger partial charge in [-0.2, -0.15) is 0 Å². The number of hydrogen-bond acceptors (Lipinski definition) is 3. The van der Waals surface area contributed by atoms with Gasteiger partial charge in [-0.3, -0.25) is 4.99 Å². The van der Waals surface area contributed by atoms with E-state index in [9.17, 15) is 0 Å². The van der Waals surface area contributed by atoms with E-state index in [0.29, 0.717) is 0 Å². The van der Waals surface area contributed by atoms with Gasteiger partial charge in [-0.05, 0) is 83.5 Å². The molecule has 0 spiro atoms. The van der Waals surface area contributed by atoms with Crippen LogP contribution in [0.25, 0.3) is 104 Å². The van der Waals surface area contributed by atoms with Gasteiger partial charge in [0.25, 0.3) is 0 Å². The van der Waals surface area contributed by atoms with E-state index >= 15 is 0 Å². The molecule has 0 amide bonds. The Morgan fingerprint density at radius 3 is 1.86 bits per heavy atom. The minimum atomic E-state index is 0.789. The zero-order valence-electron chi connectivity index (χ0n) is 30.6. The number of aliphatic imine (C=N–C) groups is 1. The van der Waals surface area contributed by atoms with Gasteiger partial charge in [0.15, 0.2) is 0 Å². The molecule has 11 rings (SSSR count). The van der Waals surface area contributed by atoms with E-state index in [1.54, 1.807) is 12.3 Å². The Morgan fingerprint density at radius 2 is 1.12 bits per heavy atom. The molecule has 0 saturated heterocycles. The molecule has 0 saturated carbocycles. The number of nitrogens with one attached hydrogen (secondary N) is 1. The molecule has 1 N–H and O–H groups in total. The van der Waals surface area contributed by atoms with Crippen LogP contribution in [0.15, 0.2) is 181 Å². The van der Waals surface area contributed by atoms with Gasteiger partial charge in [-0.1, -0.05) is 164 Å². The fourth-order valence-corrected chi connectivity index (χ4v) is 8.85. The minimum absolute atomic E-state index is 0.789. The zero-order chi connectivity index (χ0) is 37.2. The Hall–Kier alpha value is -7.36. The summed E-state index contributed by atoms with van der Waals surface area (Å²) in [7, 11) is 0. The van der Waals surface area contributed by atoms with Gasteiger partial charge >= 0.3 is 0 Å². The van der Waals surface area contributed by atoms with Gasteiger partial charge in [-0.15, -0.1) is 0 Å². The summed E-state index contributed by atoms with van der Waals surface area (Å²) in [4.78, 5) is 10.1. The van der Waals surface area contributed by atoms with E-state index in [2.05, 4.69) is 187 Å². The van der Waals surface area contributed by atoms with Gasteiger partial charge in [0.2, 0.25) is 0 Å². The van der Waals surface area contributed by atoms with Crippen molar-refractivity contribution in [1.29, 1.82) is 0 Å². The van der Waals surface area contributed by atoms with Crippen LogP contribution in [0, 0.1) is 0 Å². The molecule has 0 fully saturated rings. The normalized spacial score (nSPS) is 12.6. The Labute approximate surface area is 324 Å². The molecule has 0 atom stereocenters. The van der Waals surface area contributed by atoms with Crippen molar-refractivity contribution >= 4 is 88.4 Å². The second-order valence-electron chi connectivity index (χ2n) is 14.6. The fraction of sp³-hybridized carbons (Fsp3) is 0.0189. The standard InChI is InChI=1S/C53H35N3/c1-2-29-54-49-28-27-41(46-16-9-30-55-52(46)49)38-24-26-40-37(32-38)22-21-36-31-35(23-25-39(36)40)33-17-19-34(20-18-33)51-48-15-8-6-13-45(48)50-44-12-5-3-10-42(44)43-11-4-7-14-47(43)53(50)56-51/h2-29,31-32,55H,1,30H2. The number of rotatable bonds is 5. The molecule has 0 bridgehead atoms. The molecule has 262 valence electrons. The van der Waals surface area contributed by atoms with Crippen molar-refractivity contribution in [2.75, 3.05) is 11.9 Å². The van der Waals surface area contributed by atoms with E-state index < -0.39 is 0 Å². The van der Waals surface area contributed by atoms with Crippen molar-refractivity contribution in [3.05, 3.63) is 182 Å². The molecule has 0 aliphatic carbocycles. The lowest BCUT2D eigenvalue weighted by Gasteiger charge is -2.19. The first kappa shape index (κ1) is 32.1. The van der Waals surface area contributed by atoms with Crippen LogP contribution in [0.5, 0.6) is 0 Å². The minimum Gasteiger partial charge on any atom is -0.379 e. The maximum Gasteiger partial charge on any atom is 0.0867 e. The summed E-state index contributed by atoms with van der Waals surface area (Å²) in [6, 6.07) is 57.5. The van der Waals surface area contributed by atoms with Crippen LogP contribution in [0.1, 0.15) is 5.56 Å². The lowest BCUT2D eigenvalue weighted by Crippen LogP contribution is -2.05. The second-order valence-corrected chi connectivity index (χ2v) is 14.6. The number of anilines is 1. The SMILES string of the molecule is C=CC=Nc1ccc(-c2ccc3c(ccc4cc(-c5ccc(-c6nc7c8ccccc8c8ccccc8c7c7ccccc67)cc5)ccc43)c2)c2c1NCC=C2. The summed E-state index contributed by atoms with van der Waals surface area (Å²) in [6.45, 7) is 4.57. The average molecular weight is 714 g/mol. The average Bonchev–Trinajstić information content (AvgIpc) is 3.27. The van der Waals surface area contributed by atoms with E-state index in [1.807, 2.05) is 0 Å². The van der Waals surface area contributed by atoms with Gasteiger partial charge in [0.05, 0.1) is 22.6 Å². The summed E-state index contributed by atoms with van der Waals surface area (Å²) < 4.78 is 0. The van der Waals surface area contributed by atoms with Crippen LogP contribution in [0.3, 0.4) is 0 Å². The fourth-order valence-electron chi connectivity index (χ4n) is 8.85. The molecule has 0 unspecified atom stereocenters. The predicted octanol–water partition coefficient (Wildman–Crippen LogP) is 14.3. The van der Waals surface area contributed by atoms with Crippen molar-refractivity contribution in [3.63, 3.8) is 0 Å². The zero-order valence-corrected chi connectivity index (χ0v) is 30.6. The number of aromatic nitrogens is 1. The number of benzene rings is 9. The summed E-state index contributed by atoms with van der Waals surface area (Å²) in [5, 5.41) is 17.0. The first-order valence-electron chi connectivity index (χ1n) is 19.2. The topological polar surface area (TPSA) is 37.3 Å². The quantitative estimate of drug-likeness (QED) is 0.142. The molecule has 1 aliphatic rings. The second kappa shape index (κ2) is 12.9. The number of hydrogen-bond donors (Lipinski definition) is 1. The van der Waals surface area contributed by atoms with Gasteiger partial charge in [0.1, 0.15) is 0 Å². The largest absolute Gasteiger partial charge is 0.379 e. The highest BCUT2D eigenvalue weighted by atomic mass is 14.9. The van der Waals surface area contributed by atoms with Crippen LogP contribution in [0.4, 0.5) is 11.4 Å². The molecule has 3 nitrogen and oxygen atoms in total. The maximum atomic E-state index is 5.47. The van der Waals surface area contributed by atoms with E-state index in [-0.39, 0.29) is 0 Å². The summed E-state index contributed by atoms with van der Waals surface area (Å²) >= 11 is 0. The molecular weight excluding hydrogens is 679 g/mol. The lowest BCUT2D eigenvalue weighted by molar-refractivity contribution is 1.30. The van der Waals surface area contributed by atoms with Crippen LogP contribution < -0.4 is 5.32 Å². The third-order valence-electron chi connectivity index (χ3n) is 11.4. The highest BCUT2D eigenvalue weighted by Crippen LogP contribution is 2.43. The number of pyridine rings is 1. The van der Waals surface area contributed by atoms with Gasteiger partial charge in [-0.25, -0.2) is 4.98 Å². The predicted molar refractivity (Wildman–Crippen MR) is 241 cm³/mol. The lowest BCUT2D eigenvalue weighted by atomic mass is 9.91. The molecule has 1 aliphatic heterocycles. The van der Waals surface area contributed by atoms with Crippen LogP contribution >= 0.6 is 0 Å². The van der Waals surface area contributed by atoms with Crippen LogP contribution in [0.2, 0.25) is 0 Å². The number of nitrogens with zero attached hydrogens (tertiary/aromatic N) is 2. The van der Waals surface area contributed by atoms with Crippen molar-refractivity contribution in [2.45, 2.75) is 0 Å². The molecule has 3 heteroatoms. The van der Waals surface area contributed by atoms with Gasteiger partial charge in [0, 0.05) is 40.0 Å². The van der Waals surface area contributed by atoms with Crippen molar-refractivity contribution in [2.24, 2.45) is 4.99 Å². The highest BCUT2D eigenvalue weighted by molar-refractivity contribution is 6.31. The molecule has 2 heterocycles. The molecule has 0 radical (unpaired) electrons. The first-order valence-corrected chi connectivity index (χ1v) is 19.2. The Morgan fingerprint density at radius 1 is 0.536 bits per heavy atom. The highest BCUT2D eigenvalue weighted by Gasteiger charge is 2.18. The van der Waals surface area contributed by atoms with E-state index in [0.717, 1.165) is 45.6 Å². The van der Waals surface area contributed by atoms with E-state index in [1.165, 1.54) is 76.1 Å². The monoisotopic (exact) mass is 713 g/mol. The third kappa shape index (κ3) is 5.05. The molecule has 10 aromatic rings. The Kier molecular flexibility index (Phi) is 7.39. The first-order chi connectivity index (χ1) is 27.7. The number of fused-ring (bicyclic) bond motifs is 12. The van der Waals surface area contributed by atoms with Crippen LogP contribution in [-0.2, 0) is 0 Å². The van der Waals surface area contributed by atoms with Crippen molar-refractivity contribution < 1.29 is 0 Å². The molecule has 9 aromatic carbocycles. The Balaban J connectivity index is 0.970. The summed E-state index contributed by atoms with van der Waals surface area (Å²) in [5.74, 6) is 0. The van der Waals surface area contributed by atoms with Crippen LogP contribution in [-0.4, -0.2) is 17.7 Å². The summed E-state index contributed by atoms with van der Waals surface area (Å²) in [6.07, 6.45) is 7.82. The maximum absolute atomic E-state index is 5.47. The smallest absolute Gasteiger partial charge is 0.0867 e. The molecular formula is C53H35N3. The molecule has 56 heavy (non-hydrogen) atoms. The number of allylic oxidation sites excluding steroid dienone is 1. The van der Waals surface area contributed by atoms with Gasteiger partial charge < -0.3 is 5.32 Å². The van der Waals surface area contributed by atoms with E-state index in [4.69, 9.17) is 4.98 Å². The van der Waals surface area contributed by atoms with Crippen molar-refractivity contribution in [3.8, 4) is 33.5 Å². The summed E-state index contributed by atoms with van der Waals surface area (Å²) in [5.41, 5.74) is 11.1. The third-order valence-corrected chi connectivity index (χ3v) is 11.4. The Bertz CT molecular complexity index is 3320. The van der Waals surface area contributed by atoms with Crippen molar-refractivity contribution in [1.82, 2.24) is 4.98 Å².